The summed E-state index contributed by atoms with van der Waals surface area (Å²) in [6.07, 6.45) is 5.85. The summed E-state index contributed by atoms with van der Waals surface area (Å²) in [5, 5.41) is 3.74. The first-order valence-electron chi connectivity index (χ1n) is 9.19. The standard InChI is InChI=1S/C19H27ClN4O/c1-24-11-3-4-14(13-24)6-9-19(25)21-10-2-5-18-22-16-8-7-15(20)12-17(16)23-18/h7-8,12,14H,2-6,9-11,13H2,1H3,(H,21,25)(H,22,23)/t14-/m1/s1. The summed E-state index contributed by atoms with van der Waals surface area (Å²) < 4.78 is 0. The van der Waals surface area contributed by atoms with Gasteiger partial charge in [0.1, 0.15) is 5.82 Å². The Balaban J connectivity index is 1.34. The van der Waals surface area contributed by atoms with Crippen molar-refractivity contribution in [2.45, 2.75) is 38.5 Å². The van der Waals surface area contributed by atoms with Gasteiger partial charge in [-0.25, -0.2) is 4.98 Å². The predicted octanol–water partition coefficient (Wildman–Crippen LogP) is 3.39. The van der Waals surface area contributed by atoms with Crippen molar-refractivity contribution in [2.24, 2.45) is 5.92 Å². The number of hydrogen-bond acceptors (Lipinski definition) is 3. The topological polar surface area (TPSA) is 61.0 Å². The maximum Gasteiger partial charge on any atom is 0.220 e. The molecule has 2 aromatic rings. The molecule has 0 bridgehead atoms. The van der Waals surface area contributed by atoms with Crippen molar-refractivity contribution in [1.29, 1.82) is 0 Å². The van der Waals surface area contributed by atoms with Crippen molar-refractivity contribution >= 4 is 28.5 Å². The van der Waals surface area contributed by atoms with Gasteiger partial charge in [0, 0.05) is 31.0 Å². The molecule has 1 aromatic heterocycles. The maximum absolute atomic E-state index is 12.0. The van der Waals surface area contributed by atoms with Gasteiger partial charge in [0.2, 0.25) is 5.91 Å². The Labute approximate surface area is 154 Å². The summed E-state index contributed by atoms with van der Waals surface area (Å²) in [6.45, 7) is 3.02. The number of aromatic amines is 1. The highest BCUT2D eigenvalue weighted by molar-refractivity contribution is 6.31. The number of imidazole rings is 1. The lowest BCUT2D eigenvalue weighted by molar-refractivity contribution is -0.121. The van der Waals surface area contributed by atoms with Gasteiger partial charge in [-0.2, -0.15) is 0 Å². The predicted molar refractivity (Wildman–Crippen MR) is 102 cm³/mol. The maximum atomic E-state index is 12.0. The lowest BCUT2D eigenvalue weighted by Crippen LogP contribution is -2.33. The third-order valence-corrected chi connectivity index (χ3v) is 5.14. The van der Waals surface area contributed by atoms with Crippen molar-refractivity contribution in [3.63, 3.8) is 0 Å². The summed E-state index contributed by atoms with van der Waals surface area (Å²) in [5.41, 5.74) is 1.89. The van der Waals surface area contributed by atoms with Crippen molar-refractivity contribution in [2.75, 3.05) is 26.7 Å². The van der Waals surface area contributed by atoms with E-state index in [4.69, 9.17) is 11.6 Å². The Morgan fingerprint density at radius 3 is 3.20 bits per heavy atom. The molecule has 0 radical (unpaired) electrons. The lowest BCUT2D eigenvalue weighted by atomic mass is 9.93. The second-order valence-electron chi connectivity index (χ2n) is 7.11. The molecule has 25 heavy (non-hydrogen) atoms. The Bertz CT molecular complexity index is 715. The molecule has 1 aliphatic heterocycles. The third kappa shape index (κ3) is 5.44. The van der Waals surface area contributed by atoms with Crippen LogP contribution in [0.4, 0.5) is 0 Å². The van der Waals surface area contributed by atoms with E-state index < -0.39 is 0 Å². The summed E-state index contributed by atoms with van der Waals surface area (Å²) in [4.78, 5) is 22.2. The quantitative estimate of drug-likeness (QED) is 0.742. The smallest absolute Gasteiger partial charge is 0.220 e. The number of piperidine rings is 1. The van der Waals surface area contributed by atoms with Crippen LogP contribution >= 0.6 is 11.6 Å². The van der Waals surface area contributed by atoms with Crippen LogP contribution in [0.5, 0.6) is 0 Å². The molecule has 1 atom stereocenters. The minimum Gasteiger partial charge on any atom is -0.356 e. The minimum atomic E-state index is 0.171. The number of carbonyl (C=O) groups is 1. The van der Waals surface area contributed by atoms with Crippen LogP contribution in [0.15, 0.2) is 18.2 Å². The highest BCUT2D eigenvalue weighted by atomic mass is 35.5. The number of likely N-dealkylation sites (tertiary alicyclic amines) is 1. The van der Waals surface area contributed by atoms with Crippen LogP contribution in [0.25, 0.3) is 11.0 Å². The molecule has 1 aliphatic rings. The van der Waals surface area contributed by atoms with E-state index in [-0.39, 0.29) is 5.91 Å². The van der Waals surface area contributed by atoms with Gasteiger partial charge in [0.15, 0.2) is 0 Å². The highest BCUT2D eigenvalue weighted by Crippen LogP contribution is 2.20. The third-order valence-electron chi connectivity index (χ3n) is 4.91. The van der Waals surface area contributed by atoms with Gasteiger partial charge in [0.05, 0.1) is 11.0 Å². The number of fused-ring (bicyclic) bond motifs is 1. The minimum absolute atomic E-state index is 0.171. The highest BCUT2D eigenvalue weighted by Gasteiger charge is 2.17. The first-order chi connectivity index (χ1) is 12.1. The van der Waals surface area contributed by atoms with E-state index in [2.05, 4.69) is 27.2 Å². The second kappa shape index (κ2) is 8.68. The number of aryl methyl sites for hydroxylation is 1. The molecule has 2 N–H and O–H groups in total. The summed E-state index contributed by atoms with van der Waals surface area (Å²) in [5.74, 6) is 1.79. The van der Waals surface area contributed by atoms with Crippen LogP contribution in [0, 0.1) is 5.92 Å². The number of carbonyl (C=O) groups excluding carboxylic acids is 1. The molecular weight excluding hydrogens is 336 g/mol. The van der Waals surface area contributed by atoms with E-state index in [0.717, 1.165) is 42.7 Å². The fourth-order valence-corrected chi connectivity index (χ4v) is 3.74. The molecule has 1 fully saturated rings. The first-order valence-corrected chi connectivity index (χ1v) is 9.57. The molecule has 136 valence electrons. The number of halogens is 1. The van der Waals surface area contributed by atoms with E-state index in [1.165, 1.54) is 19.4 Å². The molecule has 1 saturated heterocycles. The zero-order valence-corrected chi connectivity index (χ0v) is 15.6. The molecule has 0 unspecified atom stereocenters. The zero-order chi connectivity index (χ0) is 17.6. The number of amides is 1. The van der Waals surface area contributed by atoms with Gasteiger partial charge >= 0.3 is 0 Å². The molecule has 0 spiro atoms. The Hall–Kier alpha value is -1.59. The van der Waals surface area contributed by atoms with Gasteiger partial charge in [-0.1, -0.05) is 11.6 Å². The fourth-order valence-electron chi connectivity index (χ4n) is 3.57. The average Bonchev–Trinajstić information content (AvgIpc) is 2.99. The van der Waals surface area contributed by atoms with E-state index >= 15 is 0 Å². The average molecular weight is 363 g/mol. The van der Waals surface area contributed by atoms with Crippen molar-refractivity contribution < 1.29 is 4.79 Å². The summed E-state index contributed by atoms with van der Waals surface area (Å²) >= 11 is 5.99. The molecule has 5 nitrogen and oxygen atoms in total. The van der Waals surface area contributed by atoms with Gasteiger partial charge in [0.25, 0.3) is 0 Å². The van der Waals surface area contributed by atoms with Gasteiger partial charge < -0.3 is 15.2 Å². The van der Waals surface area contributed by atoms with Crippen LogP contribution in [0.3, 0.4) is 0 Å². The molecule has 6 heteroatoms. The van der Waals surface area contributed by atoms with Crippen LogP contribution in [0.1, 0.15) is 37.9 Å². The summed E-state index contributed by atoms with van der Waals surface area (Å²) in [7, 11) is 2.16. The van der Waals surface area contributed by atoms with Crippen molar-refractivity contribution in [3.8, 4) is 0 Å². The molecular formula is C19H27ClN4O. The van der Waals surface area contributed by atoms with Crippen LogP contribution in [0.2, 0.25) is 5.02 Å². The molecule has 0 aliphatic carbocycles. The Morgan fingerprint density at radius 2 is 2.36 bits per heavy atom. The van der Waals surface area contributed by atoms with Gasteiger partial charge in [-0.3, -0.25) is 4.79 Å². The molecule has 2 heterocycles. The molecule has 1 aromatic carbocycles. The van der Waals surface area contributed by atoms with Crippen molar-refractivity contribution in [1.82, 2.24) is 20.2 Å². The lowest BCUT2D eigenvalue weighted by Gasteiger charge is -2.29. The first kappa shape index (κ1) is 18.2. The number of aromatic nitrogens is 2. The number of benzene rings is 1. The number of rotatable bonds is 7. The van der Waals surface area contributed by atoms with E-state index in [0.29, 0.717) is 23.9 Å². The molecule has 0 saturated carbocycles. The molecule has 1 amide bonds. The van der Waals surface area contributed by atoms with Crippen molar-refractivity contribution in [3.05, 3.63) is 29.0 Å². The largest absolute Gasteiger partial charge is 0.356 e. The van der Waals surface area contributed by atoms with E-state index in [1.807, 2.05) is 18.2 Å². The number of nitrogens with one attached hydrogen (secondary N) is 2. The SMILES string of the molecule is CN1CCC[C@H](CCC(=O)NCCCc2nc3ccc(Cl)cc3[nH]2)C1. The van der Waals surface area contributed by atoms with Crippen LogP contribution < -0.4 is 5.32 Å². The zero-order valence-electron chi connectivity index (χ0n) is 14.9. The number of hydrogen-bond donors (Lipinski definition) is 2. The van der Waals surface area contributed by atoms with Gasteiger partial charge in [-0.05, 0) is 63.4 Å². The summed E-state index contributed by atoms with van der Waals surface area (Å²) in [6, 6.07) is 5.65. The molecule has 3 rings (SSSR count). The van der Waals surface area contributed by atoms with E-state index in [1.54, 1.807) is 0 Å². The van der Waals surface area contributed by atoms with E-state index in [9.17, 15) is 4.79 Å². The van der Waals surface area contributed by atoms with Crippen LogP contribution in [-0.2, 0) is 11.2 Å². The number of nitrogens with zero attached hydrogens (tertiary/aromatic N) is 2. The monoisotopic (exact) mass is 362 g/mol. The number of H-pyrrole nitrogens is 1. The fraction of sp³-hybridized carbons (Fsp3) is 0.579. The van der Waals surface area contributed by atoms with Crippen LogP contribution in [-0.4, -0.2) is 47.5 Å². The Morgan fingerprint density at radius 1 is 1.48 bits per heavy atom. The normalized spacial score (nSPS) is 18.6. The Kier molecular flexibility index (Phi) is 6.32. The van der Waals surface area contributed by atoms with Gasteiger partial charge in [-0.15, -0.1) is 0 Å². The second-order valence-corrected chi connectivity index (χ2v) is 7.54.